The van der Waals surface area contributed by atoms with Crippen molar-refractivity contribution in [2.75, 3.05) is 6.54 Å². The van der Waals surface area contributed by atoms with Gasteiger partial charge in [0.1, 0.15) is 0 Å². The van der Waals surface area contributed by atoms with Crippen molar-refractivity contribution in [3.8, 4) is 11.3 Å². The molecule has 5 rings (SSSR count). The molecular formula is C27H37N4OTl. The molecule has 0 spiro atoms. The predicted molar refractivity (Wildman–Crippen MR) is 137 cm³/mol. The van der Waals surface area contributed by atoms with Crippen LogP contribution in [0, 0.1) is 13.8 Å². The van der Waals surface area contributed by atoms with Crippen LogP contribution < -0.4 is 0 Å². The van der Waals surface area contributed by atoms with Gasteiger partial charge in [0.15, 0.2) is 5.65 Å². The van der Waals surface area contributed by atoms with Gasteiger partial charge in [0.05, 0.1) is 17.6 Å². The zero-order chi connectivity index (χ0) is 24.0. The molecule has 0 radical (unpaired) electrons. The number of nitrogens with zero attached hydrogens (tertiary/aromatic N) is 4. The second-order valence-electron chi connectivity index (χ2n) is 8.63. The predicted octanol–water partition coefficient (Wildman–Crippen LogP) is 5.96. The summed E-state index contributed by atoms with van der Waals surface area (Å²) >= 11 is 1.17. The van der Waals surface area contributed by atoms with E-state index in [2.05, 4.69) is 33.4 Å². The van der Waals surface area contributed by atoms with Crippen molar-refractivity contribution in [1.29, 1.82) is 0 Å². The van der Waals surface area contributed by atoms with E-state index in [1.54, 1.807) is 0 Å². The molecule has 0 unspecified atom stereocenters. The van der Waals surface area contributed by atoms with Gasteiger partial charge in [0, 0.05) is 23.7 Å². The number of hydrogen-bond donors (Lipinski definition) is 0. The van der Waals surface area contributed by atoms with Gasteiger partial charge in [0.2, 0.25) is 0 Å². The summed E-state index contributed by atoms with van der Waals surface area (Å²) < 4.78 is 4.03. The van der Waals surface area contributed by atoms with Crippen LogP contribution in [0.15, 0.2) is 30.5 Å². The fourth-order valence-corrected chi connectivity index (χ4v) is 4.97. The molecule has 3 heterocycles. The third-order valence-electron chi connectivity index (χ3n) is 6.51. The topological polar surface area (TPSA) is 50.5 Å². The number of imidazole rings is 1. The number of aryl methyl sites for hydroxylation is 2. The molecule has 0 bridgehead atoms. The average molecular weight is 638 g/mol. The molecule has 1 amide bonds. The Balaban J connectivity index is 0.000000728. The number of benzene rings is 1. The van der Waals surface area contributed by atoms with Gasteiger partial charge in [0.25, 0.3) is 5.91 Å². The molecule has 0 N–H and O–H groups in total. The molecule has 0 saturated heterocycles. The Kier molecular flexibility index (Phi) is 9.47. The zero-order valence-electron chi connectivity index (χ0n) is 20.9. The second-order valence-corrected chi connectivity index (χ2v) is 8.63. The monoisotopic (exact) mass is 638 g/mol. The van der Waals surface area contributed by atoms with E-state index in [4.69, 9.17) is 5.10 Å². The molecule has 1 fully saturated rings. The number of fused-ring (bicyclic) bond motifs is 2. The van der Waals surface area contributed by atoms with Crippen LogP contribution in [0.25, 0.3) is 16.9 Å². The molecule has 2 aromatic heterocycles. The first-order valence-corrected chi connectivity index (χ1v) is 16.9. The molecule has 174 valence electrons. The van der Waals surface area contributed by atoms with Crippen LogP contribution in [0.3, 0.4) is 0 Å². The molecule has 1 saturated carbocycles. The van der Waals surface area contributed by atoms with Crippen LogP contribution in [0.2, 0.25) is 4.48 Å². The fourth-order valence-electron chi connectivity index (χ4n) is 4.97. The molecule has 2 aliphatic rings. The number of carbonyl (C=O) groups is 1. The van der Waals surface area contributed by atoms with Crippen molar-refractivity contribution in [1.82, 2.24) is 19.5 Å². The van der Waals surface area contributed by atoms with E-state index in [9.17, 15) is 4.79 Å². The zero-order valence-corrected chi connectivity index (χ0v) is 25.4. The first-order chi connectivity index (χ1) is 16.1. The van der Waals surface area contributed by atoms with E-state index in [1.807, 2.05) is 43.6 Å². The second kappa shape index (κ2) is 12.1. The third-order valence-corrected chi connectivity index (χ3v) is 6.51. The number of amides is 1. The van der Waals surface area contributed by atoms with Gasteiger partial charge in [-0.25, -0.2) is 9.50 Å². The quantitative estimate of drug-likeness (QED) is 0.257. The molecular weight excluding hydrogens is 601 g/mol. The Morgan fingerprint density at radius 3 is 2.39 bits per heavy atom. The SMILES string of the molecule is CC.Cc1cn2nc(-c3ccc4c(c3)CCN(C3CCCCCC3)C4=O)cc(C)c2n1.[CH3][Tl]. The summed E-state index contributed by atoms with van der Waals surface area (Å²) in [5.41, 5.74) is 6.99. The maximum absolute atomic E-state index is 13.2. The van der Waals surface area contributed by atoms with E-state index in [-0.39, 0.29) is 5.91 Å². The van der Waals surface area contributed by atoms with Crippen molar-refractivity contribution >= 4 is 37.3 Å². The van der Waals surface area contributed by atoms with E-state index in [0.29, 0.717) is 6.04 Å². The first-order valence-electron chi connectivity index (χ1n) is 12.5. The average Bonchev–Trinajstić information content (AvgIpc) is 3.04. The van der Waals surface area contributed by atoms with Gasteiger partial charge in [-0.3, -0.25) is 4.79 Å². The van der Waals surface area contributed by atoms with Crippen LogP contribution in [0.1, 0.15) is 79.6 Å². The summed E-state index contributed by atoms with van der Waals surface area (Å²) in [4.78, 5) is 19.9. The number of rotatable bonds is 2. The number of hydrogen-bond acceptors (Lipinski definition) is 3. The minimum atomic E-state index is 0.217. The van der Waals surface area contributed by atoms with Gasteiger partial charge in [-0.05, 0) is 62.4 Å². The summed E-state index contributed by atoms with van der Waals surface area (Å²) in [5, 5.41) is 4.75. The Morgan fingerprint density at radius 1 is 1.00 bits per heavy atom. The van der Waals surface area contributed by atoms with E-state index < -0.39 is 0 Å². The third kappa shape index (κ3) is 5.66. The molecule has 5 nitrogen and oxygen atoms in total. The van der Waals surface area contributed by atoms with E-state index >= 15 is 0 Å². The Morgan fingerprint density at radius 2 is 1.70 bits per heavy atom. The molecule has 1 aliphatic carbocycles. The first kappa shape index (κ1) is 25.8. The van der Waals surface area contributed by atoms with E-state index in [0.717, 1.165) is 65.1 Å². The summed E-state index contributed by atoms with van der Waals surface area (Å²) in [6.07, 6.45) is 10.3. The summed E-state index contributed by atoms with van der Waals surface area (Å²) in [5.74, 6) is 0.217. The summed E-state index contributed by atoms with van der Waals surface area (Å²) in [6.45, 7) is 8.89. The van der Waals surface area contributed by atoms with Crippen LogP contribution in [0.4, 0.5) is 0 Å². The van der Waals surface area contributed by atoms with Crippen LogP contribution in [0.5, 0.6) is 0 Å². The van der Waals surface area contributed by atoms with Crippen LogP contribution in [-0.2, 0) is 6.42 Å². The van der Waals surface area contributed by atoms with Gasteiger partial charge in [-0.2, -0.15) is 5.10 Å². The van der Waals surface area contributed by atoms with Crippen LogP contribution in [-0.4, -0.2) is 63.8 Å². The number of aromatic nitrogens is 3. The van der Waals surface area contributed by atoms with Crippen molar-refractivity contribution < 1.29 is 4.79 Å². The summed E-state index contributed by atoms with van der Waals surface area (Å²) in [6, 6.07) is 8.73. The van der Waals surface area contributed by atoms with Crippen molar-refractivity contribution in [2.24, 2.45) is 0 Å². The molecule has 1 aliphatic heterocycles. The Bertz CT molecular complexity index is 1080. The standard InChI is InChI=1S/C24H28N4O.C2H6.CH3.Tl/c1-16-13-22(26-28-15-17(2)25-23(16)28)19-9-10-21-18(14-19)11-12-27(24(21)29)20-7-5-3-4-6-8-20;1-2;;/h9-10,13-15,20H,3-8,11-12H2,1-2H3;1-2H3;1H3;. The molecule has 33 heavy (non-hydrogen) atoms. The Hall–Kier alpha value is -1.77. The van der Waals surface area contributed by atoms with Gasteiger partial charge in [-0.15, -0.1) is 0 Å². The normalized spacial score (nSPS) is 16.2. The fraction of sp³-hybridized carbons (Fsp3) is 0.519. The van der Waals surface area contributed by atoms with Gasteiger partial charge in [-0.1, -0.05) is 45.6 Å². The molecule has 0 atom stereocenters. The van der Waals surface area contributed by atoms with E-state index in [1.165, 1.54) is 51.5 Å². The number of carbonyl (C=O) groups excluding carboxylic acids is 1. The van der Waals surface area contributed by atoms with Crippen molar-refractivity contribution in [2.45, 2.75) is 83.2 Å². The summed E-state index contributed by atoms with van der Waals surface area (Å²) in [7, 11) is 0. The molecule has 3 aromatic rings. The molecule has 6 heteroatoms. The Labute approximate surface area is 214 Å². The van der Waals surface area contributed by atoms with Crippen LogP contribution >= 0.6 is 0 Å². The van der Waals surface area contributed by atoms with Gasteiger partial charge >= 0.3 is 30.3 Å². The van der Waals surface area contributed by atoms with Gasteiger partial charge < -0.3 is 4.90 Å². The van der Waals surface area contributed by atoms with Crippen molar-refractivity contribution in [3.63, 3.8) is 0 Å². The minimum absolute atomic E-state index is 0.217. The maximum atomic E-state index is 13.2. The molecule has 1 aromatic carbocycles. The van der Waals surface area contributed by atoms with Crippen molar-refractivity contribution in [3.05, 3.63) is 52.8 Å².